The Labute approximate surface area is 113 Å². The molecule has 0 saturated carbocycles. The number of piperazine rings is 1. The predicted octanol–water partition coefficient (Wildman–Crippen LogP) is 1.68. The van der Waals surface area contributed by atoms with Gasteiger partial charge in [0.1, 0.15) is 4.21 Å². The number of nitrogens with one attached hydrogen (secondary N) is 1. The van der Waals surface area contributed by atoms with Crippen molar-refractivity contribution in [3.63, 3.8) is 0 Å². The molecule has 0 aliphatic carbocycles. The molecular formula is C12H20N2O2S2. The lowest BCUT2D eigenvalue weighted by molar-refractivity contribution is 0.186. The maximum Gasteiger partial charge on any atom is 0.253 e. The van der Waals surface area contributed by atoms with Gasteiger partial charge in [0, 0.05) is 30.1 Å². The molecule has 6 heteroatoms. The van der Waals surface area contributed by atoms with Crippen LogP contribution in [0.3, 0.4) is 0 Å². The van der Waals surface area contributed by atoms with Gasteiger partial charge in [0.2, 0.25) is 0 Å². The van der Waals surface area contributed by atoms with Crippen LogP contribution in [0.25, 0.3) is 0 Å². The van der Waals surface area contributed by atoms with Crippen molar-refractivity contribution in [3.8, 4) is 0 Å². The Kier molecular flexibility index (Phi) is 3.82. The predicted molar refractivity (Wildman–Crippen MR) is 74.5 cm³/mol. The Morgan fingerprint density at radius 3 is 2.72 bits per heavy atom. The number of hydrogen-bond acceptors (Lipinski definition) is 4. The Hall–Kier alpha value is -0.430. The SMILES string of the molecule is CCc1ccc(S(=O)(=O)N2CCNCC2(C)C)s1. The maximum absolute atomic E-state index is 12.6. The van der Waals surface area contributed by atoms with Gasteiger partial charge in [0.15, 0.2) is 0 Å². The van der Waals surface area contributed by atoms with Gasteiger partial charge in [-0.2, -0.15) is 4.31 Å². The summed E-state index contributed by atoms with van der Waals surface area (Å²) in [5, 5.41) is 3.24. The van der Waals surface area contributed by atoms with Gasteiger partial charge in [-0.25, -0.2) is 8.42 Å². The first kappa shape index (κ1) is 14.0. The summed E-state index contributed by atoms with van der Waals surface area (Å²) >= 11 is 1.38. The smallest absolute Gasteiger partial charge is 0.253 e. The fourth-order valence-corrected chi connectivity index (χ4v) is 5.40. The van der Waals surface area contributed by atoms with E-state index in [0.717, 1.165) is 11.3 Å². The lowest BCUT2D eigenvalue weighted by Gasteiger charge is -2.41. The number of sulfonamides is 1. The fourth-order valence-electron chi connectivity index (χ4n) is 2.21. The second kappa shape index (κ2) is 4.92. The summed E-state index contributed by atoms with van der Waals surface area (Å²) in [5.41, 5.74) is -0.368. The van der Waals surface area contributed by atoms with E-state index < -0.39 is 10.0 Å². The largest absolute Gasteiger partial charge is 0.314 e. The summed E-state index contributed by atoms with van der Waals surface area (Å²) in [6, 6.07) is 3.64. The number of nitrogens with zero attached hydrogens (tertiary/aromatic N) is 1. The van der Waals surface area contributed by atoms with Crippen LogP contribution in [0.5, 0.6) is 0 Å². The van der Waals surface area contributed by atoms with Crippen molar-refractivity contribution in [1.82, 2.24) is 9.62 Å². The van der Waals surface area contributed by atoms with E-state index in [-0.39, 0.29) is 5.54 Å². The van der Waals surface area contributed by atoms with Gasteiger partial charge in [-0.3, -0.25) is 0 Å². The zero-order valence-corrected chi connectivity index (χ0v) is 12.7. The minimum atomic E-state index is -3.35. The van der Waals surface area contributed by atoms with Crippen LogP contribution >= 0.6 is 11.3 Å². The van der Waals surface area contributed by atoms with Gasteiger partial charge in [0.25, 0.3) is 10.0 Å². The molecule has 0 radical (unpaired) electrons. The first-order chi connectivity index (χ1) is 8.38. The molecule has 0 unspecified atom stereocenters. The van der Waals surface area contributed by atoms with Crippen LogP contribution in [0.4, 0.5) is 0 Å². The number of thiophene rings is 1. The quantitative estimate of drug-likeness (QED) is 0.920. The number of aryl methyl sites for hydroxylation is 1. The van der Waals surface area contributed by atoms with Crippen LogP contribution in [0, 0.1) is 0 Å². The highest BCUT2D eigenvalue weighted by molar-refractivity contribution is 7.91. The molecule has 1 aliphatic heterocycles. The highest BCUT2D eigenvalue weighted by atomic mass is 32.2. The molecular weight excluding hydrogens is 268 g/mol. The van der Waals surface area contributed by atoms with Crippen LogP contribution in [-0.4, -0.2) is 37.9 Å². The van der Waals surface area contributed by atoms with Crippen LogP contribution in [-0.2, 0) is 16.4 Å². The number of rotatable bonds is 3. The molecule has 4 nitrogen and oxygen atoms in total. The Morgan fingerprint density at radius 1 is 1.44 bits per heavy atom. The zero-order valence-electron chi connectivity index (χ0n) is 11.1. The lowest BCUT2D eigenvalue weighted by Crippen LogP contribution is -2.59. The maximum atomic E-state index is 12.6. The summed E-state index contributed by atoms with van der Waals surface area (Å²) in [6.07, 6.45) is 0.880. The highest BCUT2D eigenvalue weighted by Gasteiger charge is 2.39. The summed E-state index contributed by atoms with van der Waals surface area (Å²) in [7, 11) is -3.35. The summed E-state index contributed by atoms with van der Waals surface area (Å²) in [6.45, 7) is 7.91. The van der Waals surface area contributed by atoms with Crippen molar-refractivity contribution in [2.45, 2.75) is 36.9 Å². The first-order valence-electron chi connectivity index (χ1n) is 6.20. The van der Waals surface area contributed by atoms with Gasteiger partial charge in [-0.05, 0) is 32.4 Å². The van der Waals surface area contributed by atoms with Crippen LogP contribution < -0.4 is 5.32 Å². The molecule has 0 atom stereocenters. The summed E-state index contributed by atoms with van der Waals surface area (Å²) < 4.78 is 27.4. The third kappa shape index (κ3) is 2.47. The lowest BCUT2D eigenvalue weighted by atomic mass is 10.0. The topological polar surface area (TPSA) is 49.4 Å². The van der Waals surface area contributed by atoms with Crippen LogP contribution in [0.1, 0.15) is 25.6 Å². The molecule has 1 aromatic rings. The van der Waals surface area contributed by atoms with Crippen molar-refractivity contribution in [1.29, 1.82) is 0 Å². The Bertz CT molecular complexity index is 520. The molecule has 1 fully saturated rings. The molecule has 2 rings (SSSR count). The van der Waals surface area contributed by atoms with E-state index in [1.54, 1.807) is 10.4 Å². The van der Waals surface area contributed by atoms with Gasteiger partial charge in [-0.15, -0.1) is 11.3 Å². The van der Waals surface area contributed by atoms with Gasteiger partial charge in [-0.1, -0.05) is 6.92 Å². The summed E-state index contributed by atoms with van der Waals surface area (Å²) in [4.78, 5) is 1.11. The molecule has 18 heavy (non-hydrogen) atoms. The second-order valence-electron chi connectivity index (χ2n) is 5.14. The van der Waals surface area contributed by atoms with E-state index in [2.05, 4.69) is 5.32 Å². The Morgan fingerprint density at radius 2 is 2.17 bits per heavy atom. The van der Waals surface area contributed by atoms with E-state index in [0.29, 0.717) is 23.8 Å². The highest BCUT2D eigenvalue weighted by Crippen LogP contribution is 2.30. The van der Waals surface area contributed by atoms with Gasteiger partial charge >= 0.3 is 0 Å². The molecule has 0 aromatic carbocycles. The monoisotopic (exact) mass is 288 g/mol. The molecule has 1 N–H and O–H groups in total. The van der Waals surface area contributed by atoms with E-state index >= 15 is 0 Å². The van der Waals surface area contributed by atoms with Crippen molar-refractivity contribution in [2.75, 3.05) is 19.6 Å². The van der Waals surface area contributed by atoms with Crippen molar-refractivity contribution < 1.29 is 8.42 Å². The van der Waals surface area contributed by atoms with Crippen LogP contribution in [0.15, 0.2) is 16.3 Å². The average Bonchev–Trinajstić information content (AvgIpc) is 2.77. The van der Waals surface area contributed by atoms with E-state index in [1.165, 1.54) is 11.3 Å². The van der Waals surface area contributed by atoms with Crippen molar-refractivity contribution in [3.05, 3.63) is 17.0 Å². The first-order valence-corrected chi connectivity index (χ1v) is 8.46. The molecule has 1 aromatic heterocycles. The molecule has 0 amide bonds. The third-order valence-electron chi connectivity index (χ3n) is 3.25. The van der Waals surface area contributed by atoms with Gasteiger partial charge in [0.05, 0.1) is 0 Å². The molecule has 0 spiro atoms. The molecule has 1 aliphatic rings. The Balaban J connectivity index is 2.35. The molecule has 1 saturated heterocycles. The van der Waals surface area contributed by atoms with Crippen molar-refractivity contribution in [2.24, 2.45) is 0 Å². The molecule has 0 bridgehead atoms. The zero-order chi connectivity index (χ0) is 13.4. The summed E-state index contributed by atoms with van der Waals surface area (Å²) in [5.74, 6) is 0. The number of hydrogen-bond donors (Lipinski definition) is 1. The molecule has 102 valence electrons. The molecule has 2 heterocycles. The van der Waals surface area contributed by atoms with E-state index in [4.69, 9.17) is 0 Å². The minimum Gasteiger partial charge on any atom is -0.314 e. The normalized spacial score (nSPS) is 21.1. The average molecular weight is 288 g/mol. The third-order valence-corrected chi connectivity index (χ3v) is 7.06. The van der Waals surface area contributed by atoms with Crippen LogP contribution in [0.2, 0.25) is 0 Å². The van der Waals surface area contributed by atoms with Crippen molar-refractivity contribution >= 4 is 21.4 Å². The van der Waals surface area contributed by atoms with Gasteiger partial charge < -0.3 is 5.32 Å². The standard InChI is InChI=1S/C12H20N2O2S2/c1-4-10-5-6-11(17-10)18(15,16)14-8-7-13-9-12(14,2)3/h5-6,13H,4,7-9H2,1-3H3. The van der Waals surface area contributed by atoms with E-state index in [9.17, 15) is 8.42 Å². The fraction of sp³-hybridized carbons (Fsp3) is 0.667. The minimum absolute atomic E-state index is 0.368. The van der Waals surface area contributed by atoms with E-state index in [1.807, 2.05) is 26.8 Å². The second-order valence-corrected chi connectivity index (χ2v) is 8.40.